The lowest BCUT2D eigenvalue weighted by atomic mass is 9.94. The second-order valence-electron chi connectivity index (χ2n) is 4.05. The van der Waals surface area contributed by atoms with E-state index in [1.807, 2.05) is 0 Å². The van der Waals surface area contributed by atoms with E-state index in [2.05, 4.69) is 0 Å². The van der Waals surface area contributed by atoms with Gasteiger partial charge >= 0.3 is 0 Å². The molecule has 1 aliphatic carbocycles. The van der Waals surface area contributed by atoms with Gasteiger partial charge in [-0.15, -0.1) is 0 Å². The quantitative estimate of drug-likeness (QED) is 0.808. The Morgan fingerprint density at radius 3 is 2.38 bits per heavy atom. The van der Waals surface area contributed by atoms with Gasteiger partial charge in [-0.25, -0.2) is 8.78 Å². The molecule has 2 nitrogen and oxygen atoms in total. The van der Waals surface area contributed by atoms with E-state index in [9.17, 15) is 13.2 Å². The van der Waals surface area contributed by atoms with E-state index in [4.69, 9.17) is 10.5 Å². The average molecular weight is 231 g/mol. The van der Waals surface area contributed by atoms with E-state index in [0.29, 0.717) is 5.56 Å². The second-order valence-corrected chi connectivity index (χ2v) is 4.05. The van der Waals surface area contributed by atoms with Crippen molar-refractivity contribution in [1.82, 2.24) is 0 Å². The molecule has 0 aromatic heterocycles. The third kappa shape index (κ3) is 1.46. The molecule has 0 saturated heterocycles. The summed E-state index contributed by atoms with van der Waals surface area (Å²) in [6.45, 7) is 0.272. The Labute approximate surface area is 91.2 Å². The molecule has 0 bridgehead atoms. The van der Waals surface area contributed by atoms with Gasteiger partial charge in [-0.2, -0.15) is 4.39 Å². The molecule has 1 aromatic rings. The van der Waals surface area contributed by atoms with Crippen molar-refractivity contribution in [1.29, 1.82) is 0 Å². The van der Waals surface area contributed by atoms with Crippen molar-refractivity contribution < 1.29 is 17.9 Å². The topological polar surface area (TPSA) is 35.2 Å². The molecule has 5 heteroatoms. The molecule has 1 fully saturated rings. The normalized spacial score (nSPS) is 17.3. The standard InChI is InChI=1S/C11H12F3NO/c1-16-10-6(11(5-15)2-3-11)4-7(12)8(13)9(10)14/h4H,2-3,5,15H2,1H3. The summed E-state index contributed by atoms with van der Waals surface area (Å²) in [6, 6.07) is 0.983. The third-order valence-corrected chi connectivity index (χ3v) is 3.14. The Morgan fingerprint density at radius 2 is 1.94 bits per heavy atom. The summed E-state index contributed by atoms with van der Waals surface area (Å²) < 4.78 is 44.4. The molecule has 1 saturated carbocycles. The van der Waals surface area contributed by atoms with E-state index in [1.165, 1.54) is 7.11 Å². The van der Waals surface area contributed by atoms with Gasteiger partial charge in [-0.05, 0) is 18.9 Å². The zero-order chi connectivity index (χ0) is 11.9. The summed E-state index contributed by atoms with van der Waals surface area (Å²) in [5.74, 6) is -4.22. The van der Waals surface area contributed by atoms with Crippen LogP contribution in [-0.2, 0) is 5.41 Å². The number of ether oxygens (including phenoxy) is 1. The average Bonchev–Trinajstić information content (AvgIpc) is 3.06. The van der Waals surface area contributed by atoms with E-state index < -0.39 is 22.9 Å². The van der Waals surface area contributed by atoms with Crippen molar-refractivity contribution in [2.24, 2.45) is 5.73 Å². The summed E-state index contributed by atoms with van der Waals surface area (Å²) in [4.78, 5) is 0. The highest BCUT2D eigenvalue weighted by atomic mass is 19.2. The van der Waals surface area contributed by atoms with Crippen LogP contribution in [0.2, 0.25) is 0 Å². The van der Waals surface area contributed by atoms with Gasteiger partial charge in [-0.3, -0.25) is 0 Å². The maximum Gasteiger partial charge on any atom is 0.203 e. The van der Waals surface area contributed by atoms with Crippen molar-refractivity contribution in [2.45, 2.75) is 18.3 Å². The molecule has 2 N–H and O–H groups in total. The summed E-state index contributed by atoms with van der Waals surface area (Å²) in [6.07, 6.45) is 1.48. The first-order chi connectivity index (χ1) is 7.55. The molecule has 0 unspecified atom stereocenters. The second kappa shape index (κ2) is 3.66. The van der Waals surface area contributed by atoms with Crippen LogP contribution in [-0.4, -0.2) is 13.7 Å². The van der Waals surface area contributed by atoms with Crippen LogP contribution < -0.4 is 10.5 Å². The molecule has 0 aliphatic heterocycles. The highest BCUT2D eigenvalue weighted by Gasteiger charge is 2.46. The first-order valence-electron chi connectivity index (χ1n) is 4.98. The lowest BCUT2D eigenvalue weighted by Gasteiger charge is -2.17. The van der Waals surface area contributed by atoms with Crippen molar-refractivity contribution >= 4 is 0 Å². The van der Waals surface area contributed by atoms with E-state index in [0.717, 1.165) is 18.9 Å². The van der Waals surface area contributed by atoms with Crippen molar-refractivity contribution in [3.63, 3.8) is 0 Å². The number of hydrogen-bond acceptors (Lipinski definition) is 2. The predicted molar refractivity (Wildman–Crippen MR) is 52.8 cm³/mol. The highest BCUT2D eigenvalue weighted by Crippen LogP contribution is 2.51. The lowest BCUT2D eigenvalue weighted by molar-refractivity contribution is 0.351. The Kier molecular flexibility index (Phi) is 2.58. The zero-order valence-electron chi connectivity index (χ0n) is 8.82. The minimum atomic E-state index is -1.51. The molecule has 0 heterocycles. The fraction of sp³-hybridized carbons (Fsp3) is 0.455. The molecule has 88 valence electrons. The fourth-order valence-electron chi connectivity index (χ4n) is 1.91. The van der Waals surface area contributed by atoms with Crippen molar-refractivity contribution in [3.05, 3.63) is 29.1 Å². The van der Waals surface area contributed by atoms with Gasteiger partial charge in [0.05, 0.1) is 7.11 Å². The minimum absolute atomic E-state index is 0.234. The van der Waals surface area contributed by atoms with Crippen LogP contribution in [0.3, 0.4) is 0 Å². The van der Waals surface area contributed by atoms with Gasteiger partial charge in [0.1, 0.15) is 0 Å². The highest BCUT2D eigenvalue weighted by molar-refractivity contribution is 5.45. The van der Waals surface area contributed by atoms with Crippen LogP contribution in [0, 0.1) is 17.5 Å². The predicted octanol–water partition coefficient (Wildman–Crippen LogP) is 2.10. The fourth-order valence-corrected chi connectivity index (χ4v) is 1.91. The number of methoxy groups -OCH3 is 1. The van der Waals surface area contributed by atoms with Crippen LogP contribution in [0.25, 0.3) is 0 Å². The summed E-state index contributed by atoms with van der Waals surface area (Å²) >= 11 is 0. The van der Waals surface area contributed by atoms with E-state index in [-0.39, 0.29) is 12.3 Å². The number of nitrogens with two attached hydrogens (primary N) is 1. The number of hydrogen-bond donors (Lipinski definition) is 1. The van der Waals surface area contributed by atoms with Crippen LogP contribution in [0.5, 0.6) is 5.75 Å². The van der Waals surface area contributed by atoms with Gasteiger partial charge in [0.2, 0.25) is 5.82 Å². The molecule has 0 spiro atoms. The van der Waals surface area contributed by atoms with Crippen LogP contribution in [0.15, 0.2) is 6.07 Å². The molecule has 0 amide bonds. The lowest BCUT2D eigenvalue weighted by Crippen LogP contribution is -2.21. The summed E-state index contributed by atoms with van der Waals surface area (Å²) in [5.41, 5.74) is 5.45. The molecule has 2 rings (SSSR count). The molecule has 0 atom stereocenters. The van der Waals surface area contributed by atoms with Crippen LogP contribution in [0.1, 0.15) is 18.4 Å². The molecular weight excluding hydrogens is 219 g/mol. The minimum Gasteiger partial charge on any atom is -0.493 e. The summed E-state index contributed by atoms with van der Waals surface area (Å²) in [7, 11) is 1.23. The summed E-state index contributed by atoms with van der Waals surface area (Å²) in [5, 5.41) is 0. The number of rotatable bonds is 3. The zero-order valence-corrected chi connectivity index (χ0v) is 8.82. The number of benzene rings is 1. The van der Waals surface area contributed by atoms with E-state index >= 15 is 0 Å². The Bertz CT molecular complexity index is 430. The van der Waals surface area contributed by atoms with Gasteiger partial charge < -0.3 is 10.5 Å². The van der Waals surface area contributed by atoms with Gasteiger partial charge in [0, 0.05) is 17.5 Å². The molecular formula is C11H12F3NO. The largest absolute Gasteiger partial charge is 0.493 e. The van der Waals surface area contributed by atoms with Crippen LogP contribution in [0.4, 0.5) is 13.2 Å². The number of halogens is 3. The monoisotopic (exact) mass is 231 g/mol. The van der Waals surface area contributed by atoms with Crippen molar-refractivity contribution in [2.75, 3.05) is 13.7 Å². The smallest absolute Gasteiger partial charge is 0.203 e. The maximum atomic E-state index is 13.4. The van der Waals surface area contributed by atoms with Gasteiger partial charge in [0.25, 0.3) is 0 Å². The van der Waals surface area contributed by atoms with Gasteiger partial charge in [-0.1, -0.05) is 0 Å². The van der Waals surface area contributed by atoms with Gasteiger partial charge in [0.15, 0.2) is 17.4 Å². The molecule has 16 heavy (non-hydrogen) atoms. The first-order valence-corrected chi connectivity index (χ1v) is 4.98. The Morgan fingerprint density at radius 1 is 1.31 bits per heavy atom. The molecule has 1 aromatic carbocycles. The van der Waals surface area contributed by atoms with Crippen LogP contribution >= 0.6 is 0 Å². The first kappa shape index (κ1) is 11.3. The SMILES string of the molecule is COc1c(C2(CN)CC2)cc(F)c(F)c1F. The van der Waals surface area contributed by atoms with E-state index in [1.54, 1.807) is 0 Å². The van der Waals surface area contributed by atoms with Crippen molar-refractivity contribution in [3.8, 4) is 5.75 Å². The maximum absolute atomic E-state index is 13.4. The Hall–Kier alpha value is -1.23. The Balaban J connectivity index is 2.61. The molecule has 0 radical (unpaired) electrons. The molecule has 1 aliphatic rings. The third-order valence-electron chi connectivity index (χ3n) is 3.14.